The van der Waals surface area contributed by atoms with Crippen LogP contribution in [0.4, 0.5) is 0 Å². The SMILES string of the molecule is NC(=O)[C@@H](Cc1cccc2ccccc12)NC(=O)[C@@H]1CCOC1. The lowest BCUT2D eigenvalue weighted by Crippen LogP contribution is -2.48. The van der Waals surface area contributed by atoms with E-state index in [1.807, 2.05) is 42.5 Å². The lowest BCUT2D eigenvalue weighted by molar-refractivity contribution is -0.129. The molecule has 2 amide bonds. The van der Waals surface area contributed by atoms with E-state index >= 15 is 0 Å². The maximum Gasteiger partial charge on any atom is 0.240 e. The molecule has 0 aliphatic carbocycles. The Hall–Kier alpha value is -2.40. The molecule has 5 heteroatoms. The van der Waals surface area contributed by atoms with Crippen LogP contribution in [0, 0.1) is 5.92 Å². The highest BCUT2D eigenvalue weighted by atomic mass is 16.5. The molecular weight excluding hydrogens is 292 g/mol. The summed E-state index contributed by atoms with van der Waals surface area (Å²) in [6.45, 7) is 0.994. The molecule has 23 heavy (non-hydrogen) atoms. The summed E-state index contributed by atoms with van der Waals surface area (Å²) in [5.74, 6) is -0.874. The molecule has 0 aromatic heterocycles. The molecule has 2 atom stereocenters. The number of ether oxygens (including phenoxy) is 1. The molecule has 3 N–H and O–H groups in total. The lowest BCUT2D eigenvalue weighted by Gasteiger charge is -2.18. The van der Waals surface area contributed by atoms with Crippen molar-refractivity contribution < 1.29 is 14.3 Å². The number of amides is 2. The number of fused-ring (bicyclic) bond motifs is 1. The standard InChI is InChI=1S/C18H20N2O3/c19-17(21)16(20-18(22)14-8-9-23-11-14)10-13-6-3-5-12-4-1-2-7-15(12)13/h1-7,14,16H,8-11H2,(H2,19,21)(H,20,22)/t14-,16-/m1/s1. The molecule has 3 rings (SSSR count). The molecule has 0 bridgehead atoms. The van der Waals surface area contributed by atoms with Gasteiger partial charge in [0.05, 0.1) is 12.5 Å². The van der Waals surface area contributed by atoms with E-state index in [2.05, 4.69) is 5.32 Å². The van der Waals surface area contributed by atoms with Crippen LogP contribution in [0.15, 0.2) is 42.5 Å². The van der Waals surface area contributed by atoms with Crippen molar-refractivity contribution >= 4 is 22.6 Å². The van der Waals surface area contributed by atoms with Crippen LogP contribution in [0.2, 0.25) is 0 Å². The van der Waals surface area contributed by atoms with Gasteiger partial charge < -0.3 is 15.8 Å². The highest BCUT2D eigenvalue weighted by Crippen LogP contribution is 2.20. The number of carbonyl (C=O) groups excluding carboxylic acids is 2. The van der Waals surface area contributed by atoms with Crippen LogP contribution in [0.3, 0.4) is 0 Å². The second-order valence-electron chi connectivity index (χ2n) is 5.87. The lowest BCUT2D eigenvalue weighted by atomic mass is 9.98. The zero-order valence-electron chi connectivity index (χ0n) is 12.8. The number of hydrogen-bond donors (Lipinski definition) is 2. The Morgan fingerprint density at radius 1 is 1.22 bits per heavy atom. The van der Waals surface area contributed by atoms with E-state index in [1.165, 1.54) is 0 Å². The van der Waals surface area contributed by atoms with Crippen molar-refractivity contribution in [1.82, 2.24) is 5.32 Å². The summed E-state index contributed by atoms with van der Waals surface area (Å²) in [5, 5.41) is 4.95. The zero-order valence-corrected chi connectivity index (χ0v) is 12.8. The summed E-state index contributed by atoms with van der Waals surface area (Å²) >= 11 is 0. The number of benzene rings is 2. The molecule has 2 aromatic carbocycles. The molecule has 1 fully saturated rings. The third-order valence-electron chi connectivity index (χ3n) is 4.26. The predicted molar refractivity (Wildman–Crippen MR) is 87.7 cm³/mol. The molecule has 1 heterocycles. The molecule has 5 nitrogen and oxygen atoms in total. The van der Waals surface area contributed by atoms with Gasteiger partial charge in [-0.05, 0) is 22.8 Å². The third-order valence-corrected chi connectivity index (χ3v) is 4.26. The monoisotopic (exact) mass is 312 g/mol. The summed E-state index contributed by atoms with van der Waals surface area (Å²) in [5.41, 5.74) is 6.49. The van der Waals surface area contributed by atoms with E-state index in [0.717, 1.165) is 16.3 Å². The molecule has 2 aromatic rings. The van der Waals surface area contributed by atoms with Crippen molar-refractivity contribution in [2.75, 3.05) is 13.2 Å². The van der Waals surface area contributed by atoms with Crippen LogP contribution in [-0.2, 0) is 20.7 Å². The molecule has 1 aliphatic heterocycles. The Kier molecular flexibility index (Phi) is 4.57. The van der Waals surface area contributed by atoms with Gasteiger partial charge in [-0.2, -0.15) is 0 Å². The van der Waals surface area contributed by atoms with Gasteiger partial charge in [-0.3, -0.25) is 9.59 Å². The van der Waals surface area contributed by atoms with Gasteiger partial charge >= 0.3 is 0 Å². The van der Waals surface area contributed by atoms with E-state index < -0.39 is 11.9 Å². The fraction of sp³-hybridized carbons (Fsp3) is 0.333. The van der Waals surface area contributed by atoms with Crippen molar-refractivity contribution in [3.8, 4) is 0 Å². The largest absolute Gasteiger partial charge is 0.381 e. The van der Waals surface area contributed by atoms with Crippen LogP contribution in [-0.4, -0.2) is 31.1 Å². The van der Waals surface area contributed by atoms with Gasteiger partial charge in [0.15, 0.2) is 0 Å². The maximum atomic E-state index is 12.2. The second-order valence-corrected chi connectivity index (χ2v) is 5.87. The average molecular weight is 312 g/mol. The van der Waals surface area contributed by atoms with Gasteiger partial charge in [0.25, 0.3) is 0 Å². The molecule has 1 aliphatic rings. The smallest absolute Gasteiger partial charge is 0.240 e. The van der Waals surface area contributed by atoms with Gasteiger partial charge in [0.1, 0.15) is 6.04 Å². The fourth-order valence-corrected chi connectivity index (χ4v) is 2.94. The maximum absolute atomic E-state index is 12.2. The summed E-state index contributed by atoms with van der Waals surface area (Å²) in [4.78, 5) is 24.0. The summed E-state index contributed by atoms with van der Waals surface area (Å²) in [7, 11) is 0. The van der Waals surface area contributed by atoms with E-state index in [4.69, 9.17) is 10.5 Å². The molecular formula is C18H20N2O3. The van der Waals surface area contributed by atoms with E-state index in [-0.39, 0.29) is 11.8 Å². The highest BCUT2D eigenvalue weighted by Gasteiger charge is 2.27. The Labute approximate surface area is 134 Å². The quantitative estimate of drug-likeness (QED) is 0.875. The summed E-state index contributed by atoms with van der Waals surface area (Å²) < 4.78 is 5.22. The molecule has 0 radical (unpaired) electrons. The van der Waals surface area contributed by atoms with Crippen LogP contribution >= 0.6 is 0 Å². The summed E-state index contributed by atoms with van der Waals surface area (Å²) in [6.07, 6.45) is 1.07. The van der Waals surface area contributed by atoms with Gasteiger partial charge in [-0.25, -0.2) is 0 Å². The fourth-order valence-electron chi connectivity index (χ4n) is 2.94. The first-order valence-corrected chi connectivity index (χ1v) is 7.79. The minimum absolute atomic E-state index is 0.161. The van der Waals surface area contributed by atoms with Crippen LogP contribution < -0.4 is 11.1 Å². The van der Waals surface area contributed by atoms with E-state index in [0.29, 0.717) is 26.1 Å². The third kappa shape index (κ3) is 3.51. The van der Waals surface area contributed by atoms with Gasteiger partial charge in [0, 0.05) is 13.0 Å². The Bertz CT molecular complexity index is 718. The predicted octanol–water partition coefficient (Wildman–Crippen LogP) is 1.39. The highest BCUT2D eigenvalue weighted by molar-refractivity contribution is 5.90. The Balaban J connectivity index is 1.78. The molecule has 1 saturated heterocycles. The number of nitrogens with two attached hydrogens (primary N) is 1. The van der Waals surface area contributed by atoms with Gasteiger partial charge in [-0.1, -0.05) is 42.5 Å². The van der Waals surface area contributed by atoms with Gasteiger partial charge in [-0.15, -0.1) is 0 Å². The topological polar surface area (TPSA) is 81.4 Å². The minimum atomic E-state index is -0.714. The van der Waals surface area contributed by atoms with Crippen molar-refractivity contribution in [1.29, 1.82) is 0 Å². The van der Waals surface area contributed by atoms with Crippen LogP contribution in [0.1, 0.15) is 12.0 Å². The number of carbonyl (C=O) groups is 2. The first kappa shape index (κ1) is 15.5. The number of nitrogens with one attached hydrogen (secondary N) is 1. The second kappa shape index (κ2) is 6.79. The minimum Gasteiger partial charge on any atom is -0.381 e. The van der Waals surface area contributed by atoms with Crippen molar-refractivity contribution in [3.05, 3.63) is 48.0 Å². The first-order chi connectivity index (χ1) is 11.1. The van der Waals surface area contributed by atoms with E-state index in [9.17, 15) is 9.59 Å². The number of hydrogen-bond acceptors (Lipinski definition) is 3. The van der Waals surface area contributed by atoms with Crippen molar-refractivity contribution in [2.24, 2.45) is 11.7 Å². The molecule has 0 spiro atoms. The van der Waals surface area contributed by atoms with Gasteiger partial charge in [0.2, 0.25) is 11.8 Å². The zero-order chi connectivity index (χ0) is 16.2. The van der Waals surface area contributed by atoms with Crippen molar-refractivity contribution in [2.45, 2.75) is 18.9 Å². The number of rotatable bonds is 5. The van der Waals surface area contributed by atoms with Crippen LogP contribution in [0.5, 0.6) is 0 Å². The normalized spacial score (nSPS) is 18.7. The average Bonchev–Trinajstić information content (AvgIpc) is 3.09. The first-order valence-electron chi connectivity index (χ1n) is 7.79. The van der Waals surface area contributed by atoms with Crippen LogP contribution in [0.25, 0.3) is 10.8 Å². The Morgan fingerprint density at radius 2 is 2.00 bits per heavy atom. The van der Waals surface area contributed by atoms with E-state index in [1.54, 1.807) is 0 Å². The molecule has 120 valence electrons. The molecule has 0 saturated carbocycles. The summed E-state index contributed by atoms with van der Waals surface area (Å²) in [6, 6.07) is 13.2. The number of primary amides is 1. The Morgan fingerprint density at radius 3 is 2.74 bits per heavy atom. The molecule has 0 unspecified atom stereocenters. The van der Waals surface area contributed by atoms with Crippen molar-refractivity contribution in [3.63, 3.8) is 0 Å².